The van der Waals surface area contributed by atoms with Crippen molar-refractivity contribution in [1.29, 1.82) is 5.26 Å². The number of aromatic hydroxyl groups is 1. The molecule has 0 aromatic heterocycles. The number of nitriles is 1. The van der Waals surface area contributed by atoms with E-state index in [0.717, 1.165) is 0 Å². The number of hydrogen-bond acceptors (Lipinski definition) is 5. The van der Waals surface area contributed by atoms with Crippen molar-refractivity contribution in [1.82, 2.24) is 5.32 Å². The molecular formula is C27H26N2O4. The number of nitrogens with zero attached hydrogens (tertiary/aromatic N) is 1. The van der Waals surface area contributed by atoms with Crippen molar-refractivity contribution in [2.45, 2.75) is 39.5 Å². The van der Waals surface area contributed by atoms with E-state index in [1.54, 1.807) is 45.0 Å². The number of Topliss-reactive ketones (excluding diaryl/α,β-unsaturated/α-hetero) is 2. The molecule has 1 atom stereocenters. The van der Waals surface area contributed by atoms with Gasteiger partial charge in [0.05, 0.1) is 17.2 Å². The summed E-state index contributed by atoms with van der Waals surface area (Å²) in [5.74, 6) is -1.28. The largest absolute Gasteiger partial charge is 0.507 e. The molecule has 6 heteroatoms. The first kappa shape index (κ1) is 23.7. The SMILES string of the molecule is CC1=C(C)C(=O)C(C(CCCNC(=O)c2ccccc2O)c2ccccc2C#N)=C(C)C1=O. The van der Waals surface area contributed by atoms with E-state index in [4.69, 9.17) is 0 Å². The molecule has 33 heavy (non-hydrogen) atoms. The summed E-state index contributed by atoms with van der Waals surface area (Å²) in [6.45, 7) is 5.28. The van der Waals surface area contributed by atoms with Gasteiger partial charge < -0.3 is 10.4 Å². The second kappa shape index (κ2) is 10.1. The zero-order chi connectivity index (χ0) is 24.1. The van der Waals surface area contributed by atoms with Crippen molar-refractivity contribution in [2.24, 2.45) is 0 Å². The van der Waals surface area contributed by atoms with E-state index in [9.17, 15) is 24.8 Å². The van der Waals surface area contributed by atoms with Crippen molar-refractivity contribution >= 4 is 17.5 Å². The quantitative estimate of drug-likeness (QED) is 0.489. The average molecular weight is 443 g/mol. The fourth-order valence-corrected chi connectivity index (χ4v) is 4.16. The molecule has 1 aliphatic rings. The monoisotopic (exact) mass is 442 g/mol. The summed E-state index contributed by atoms with van der Waals surface area (Å²) in [5.41, 5.74) is 3.01. The van der Waals surface area contributed by atoms with Gasteiger partial charge in [0.25, 0.3) is 5.91 Å². The van der Waals surface area contributed by atoms with Crippen LogP contribution in [0.3, 0.4) is 0 Å². The number of ketones is 2. The predicted octanol–water partition coefficient (Wildman–Crippen LogP) is 4.36. The van der Waals surface area contributed by atoms with Gasteiger partial charge in [-0.25, -0.2) is 0 Å². The fourth-order valence-electron chi connectivity index (χ4n) is 4.16. The van der Waals surface area contributed by atoms with Gasteiger partial charge in [-0.15, -0.1) is 0 Å². The van der Waals surface area contributed by atoms with E-state index in [-0.39, 0.29) is 22.9 Å². The van der Waals surface area contributed by atoms with Gasteiger partial charge in [0, 0.05) is 34.8 Å². The minimum absolute atomic E-state index is 0.0967. The lowest BCUT2D eigenvalue weighted by molar-refractivity contribution is -0.116. The number of nitrogens with one attached hydrogen (secondary N) is 1. The van der Waals surface area contributed by atoms with Crippen LogP contribution in [0.1, 0.15) is 61.0 Å². The summed E-state index contributed by atoms with van der Waals surface area (Å²) < 4.78 is 0. The molecule has 0 spiro atoms. The first-order valence-corrected chi connectivity index (χ1v) is 10.8. The van der Waals surface area contributed by atoms with Gasteiger partial charge in [-0.3, -0.25) is 14.4 Å². The molecule has 0 heterocycles. The Morgan fingerprint density at radius 1 is 0.970 bits per heavy atom. The Kier molecular flexibility index (Phi) is 7.24. The molecule has 168 valence electrons. The smallest absolute Gasteiger partial charge is 0.255 e. The number of rotatable bonds is 7. The van der Waals surface area contributed by atoms with Gasteiger partial charge in [-0.05, 0) is 57.4 Å². The van der Waals surface area contributed by atoms with Crippen LogP contribution in [0.15, 0.2) is 70.8 Å². The molecule has 6 nitrogen and oxygen atoms in total. The number of allylic oxidation sites excluding steroid dienone is 4. The lowest BCUT2D eigenvalue weighted by Gasteiger charge is -2.27. The van der Waals surface area contributed by atoms with Crippen LogP contribution >= 0.6 is 0 Å². The van der Waals surface area contributed by atoms with Crippen molar-refractivity contribution in [3.8, 4) is 11.8 Å². The second-order valence-corrected chi connectivity index (χ2v) is 8.11. The Bertz CT molecular complexity index is 1230. The van der Waals surface area contributed by atoms with Gasteiger partial charge in [-0.2, -0.15) is 5.26 Å². The lowest BCUT2D eigenvalue weighted by atomic mass is 9.75. The number of hydrogen-bond donors (Lipinski definition) is 2. The van der Waals surface area contributed by atoms with Crippen LogP contribution in [-0.4, -0.2) is 29.1 Å². The molecule has 2 aromatic carbocycles. The van der Waals surface area contributed by atoms with Crippen LogP contribution in [0.25, 0.3) is 0 Å². The van der Waals surface area contributed by atoms with E-state index in [1.807, 2.05) is 12.1 Å². The zero-order valence-electron chi connectivity index (χ0n) is 18.9. The molecule has 1 aliphatic carbocycles. The number of phenols is 1. The second-order valence-electron chi connectivity index (χ2n) is 8.11. The maximum absolute atomic E-state index is 13.2. The molecule has 2 N–H and O–H groups in total. The van der Waals surface area contributed by atoms with Crippen molar-refractivity contribution in [3.63, 3.8) is 0 Å². The van der Waals surface area contributed by atoms with Crippen LogP contribution < -0.4 is 5.32 Å². The minimum atomic E-state index is -0.456. The topological polar surface area (TPSA) is 107 Å². The maximum Gasteiger partial charge on any atom is 0.255 e. The Labute approximate surface area is 193 Å². The maximum atomic E-state index is 13.2. The molecule has 1 unspecified atom stereocenters. The van der Waals surface area contributed by atoms with E-state index >= 15 is 0 Å². The summed E-state index contributed by atoms with van der Waals surface area (Å²) in [4.78, 5) is 38.4. The van der Waals surface area contributed by atoms with Crippen LogP contribution in [-0.2, 0) is 9.59 Å². The molecule has 0 saturated carbocycles. The molecule has 0 bridgehead atoms. The number of benzene rings is 2. The normalized spacial score (nSPS) is 14.8. The molecule has 3 rings (SSSR count). The molecule has 0 saturated heterocycles. The van der Waals surface area contributed by atoms with Gasteiger partial charge in [-0.1, -0.05) is 30.3 Å². The minimum Gasteiger partial charge on any atom is -0.507 e. The van der Waals surface area contributed by atoms with E-state index < -0.39 is 11.8 Å². The molecule has 0 radical (unpaired) electrons. The highest BCUT2D eigenvalue weighted by Gasteiger charge is 2.34. The van der Waals surface area contributed by atoms with Crippen molar-refractivity contribution in [3.05, 3.63) is 87.5 Å². The number of amides is 1. The van der Waals surface area contributed by atoms with Gasteiger partial charge >= 0.3 is 0 Å². The molecule has 0 aliphatic heterocycles. The van der Waals surface area contributed by atoms with Crippen LogP contribution in [0.2, 0.25) is 0 Å². The molecule has 0 fully saturated rings. The standard InChI is InChI=1S/C27H26N2O4/c1-16-17(2)26(32)24(18(3)25(16)31)21(20-10-5-4-9-19(20)15-28)12-8-14-29-27(33)22-11-6-7-13-23(22)30/h4-7,9-11,13,21,30H,8,12,14H2,1-3H3,(H,29,33). The van der Waals surface area contributed by atoms with Gasteiger partial charge in [0.2, 0.25) is 0 Å². The number of carbonyl (C=O) groups is 3. The summed E-state index contributed by atoms with van der Waals surface area (Å²) >= 11 is 0. The van der Waals surface area contributed by atoms with Crippen molar-refractivity contribution in [2.75, 3.05) is 6.54 Å². The Balaban J connectivity index is 1.86. The van der Waals surface area contributed by atoms with Crippen molar-refractivity contribution < 1.29 is 19.5 Å². The average Bonchev–Trinajstić information content (AvgIpc) is 2.83. The Morgan fingerprint density at radius 3 is 2.30 bits per heavy atom. The fraction of sp³-hybridized carbons (Fsp3) is 0.259. The summed E-state index contributed by atoms with van der Waals surface area (Å²) in [5, 5.41) is 22.3. The van der Waals surface area contributed by atoms with Gasteiger partial charge in [0.15, 0.2) is 11.6 Å². The first-order valence-electron chi connectivity index (χ1n) is 10.8. The third-order valence-corrected chi connectivity index (χ3v) is 6.14. The number of carbonyl (C=O) groups excluding carboxylic acids is 3. The molecule has 1 amide bonds. The van der Waals surface area contributed by atoms with Crippen LogP contribution in [0.4, 0.5) is 0 Å². The highest BCUT2D eigenvalue weighted by Crippen LogP contribution is 2.38. The third kappa shape index (κ3) is 4.78. The summed E-state index contributed by atoms with van der Waals surface area (Å²) in [7, 11) is 0. The summed E-state index contributed by atoms with van der Waals surface area (Å²) in [6.07, 6.45) is 0.960. The predicted molar refractivity (Wildman–Crippen MR) is 125 cm³/mol. The highest BCUT2D eigenvalue weighted by molar-refractivity contribution is 6.25. The zero-order valence-corrected chi connectivity index (χ0v) is 18.9. The van der Waals surface area contributed by atoms with Crippen LogP contribution in [0.5, 0.6) is 5.75 Å². The van der Waals surface area contributed by atoms with E-state index in [0.29, 0.717) is 52.8 Å². The summed E-state index contributed by atoms with van der Waals surface area (Å²) in [6, 6.07) is 15.5. The lowest BCUT2D eigenvalue weighted by Crippen LogP contribution is -2.27. The number of para-hydroxylation sites is 1. The molecular weight excluding hydrogens is 416 g/mol. The Morgan fingerprint density at radius 2 is 1.61 bits per heavy atom. The third-order valence-electron chi connectivity index (χ3n) is 6.14. The Hall–Kier alpha value is -3.98. The van der Waals surface area contributed by atoms with E-state index in [2.05, 4.69) is 11.4 Å². The van der Waals surface area contributed by atoms with Gasteiger partial charge in [0.1, 0.15) is 5.75 Å². The van der Waals surface area contributed by atoms with E-state index in [1.165, 1.54) is 12.1 Å². The molecule has 2 aromatic rings. The first-order chi connectivity index (χ1) is 15.8. The van der Waals surface area contributed by atoms with Crippen LogP contribution in [0, 0.1) is 11.3 Å². The number of phenolic OH excluding ortho intramolecular Hbond substituents is 1. The highest BCUT2D eigenvalue weighted by atomic mass is 16.3.